The van der Waals surface area contributed by atoms with E-state index in [0.717, 1.165) is 18.6 Å². The Balaban J connectivity index is 2.10. The van der Waals surface area contributed by atoms with Crippen molar-refractivity contribution in [3.63, 3.8) is 0 Å². The molecule has 1 aliphatic heterocycles. The molecule has 0 amide bonds. The summed E-state index contributed by atoms with van der Waals surface area (Å²) in [6.07, 6.45) is 1.23. The van der Waals surface area contributed by atoms with Crippen molar-refractivity contribution in [1.29, 1.82) is 0 Å². The Bertz CT molecular complexity index is 481. The molecule has 0 radical (unpaired) electrons. The van der Waals surface area contributed by atoms with Crippen LogP contribution in [0.4, 0.5) is 5.69 Å². The van der Waals surface area contributed by atoms with E-state index in [2.05, 4.69) is 27.8 Å². The Morgan fingerprint density at radius 1 is 1.58 bits per heavy atom. The summed E-state index contributed by atoms with van der Waals surface area (Å²) >= 11 is 3.20. The summed E-state index contributed by atoms with van der Waals surface area (Å²) in [7, 11) is 2.03. The second-order valence-electron chi connectivity index (χ2n) is 4.89. The minimum absolute atomic E-state index is 0.113. The molecule has 5 nitrogen and oxygen atoms in total. The lowest BCUT2D eigenvalue weighted by molar-refractivity contribution is -0.385. The molecule has 104 valence electrons. The lowest BCUT2D eigenvalue weighted by atomic mass is 10.1. The molecule has 0 N–H and O–H groups in total. The van der Waals surface area contributed by atoms with Gasteiger partial charge in [-0.15, -0.1) is 0 Å². The van der Waals surface area contributed by atoms with Crippen molar-refractivity contribution in [2.45, 2.75) is 32.0 Å². The van der Waals surface area contributed by atoms with Gasteiger partial charge in [-0.25, -0.2) is 0 Å². The summed E-state index contributed by atoms with van der Waals surface area (Å²) in [6, 6.07) is 5.65. The van der Waals surface area contributed by atoms with E-state index in [1.807, 2.05) is 13.1 Å². The zero-order chi connectivity index (χ0) is 14.0. The largest absolute Gasteiger partial charge is 0.377 e. The Kier molecular flexibility index (Phi) is 4.54. The van der Waals surface area contributed by atoms with Crippen LogP contribution in [0.2, 0.25) is 0 Å². The summed E-state index contributed by atoms with van der Waals surface area (Å²) in [6.45, 7) is 3.54. The molecule has 0 bridgehead atoms. The zero-order valence-electron chi connectivity index (χ0n) is 11.0. The highest BCUT2D eigenvalue weighted by molar-refractivity contribution is 9.10. The average Bonchev–Trinajstić information content (AvgIpc) is 2.77. The molecular weight excluding hydrogens is 312 g/mol. The standard InChI is InChI=1S/C13H17BrN2O3/c1-9-12(5-6-19-9)15(2)8-10-3-4-11(14)13(7-10)16(17)18/h3-4,7,9,12H,5-6,8H2,1-2H3. The number of hydrogen-bond donors (Lipinski definition) is 0. The van der Waals surface area contributed by atoms with Crippen LogP contribution in [0.15, 0.2) is 22.7 Å². The van der Waals surface area contributed by atoms with Gasteiger partial charge in [-0.05, 0) is 48.0 Å². The fraction of sp³-hybridized carbons (Fsp3) is 0.538. The Morgan fingerprint density at radius 2 is 2.32 bits per heavy atom. The highest BCUT2D eigenvalue weighted by Gasteiger charge is 2.28. The van der Waals surface area contributed by atoms with E-state index in [9.17, 15) is 10.1 Å². The molecule has 0 saturated carbocycles. The quantitative estimate of drug-likeness (QED) is 0.629. The second-order valence-corrected chi connectivity index (χ2v) is 5.74. The van der Waals surface area contributed by atoms with Crippen LogP contribution in [0.5, 0.6) is 0 Å². The summed E-state index contributed by atoms with van der Waals surface area (Å²) in [5, 5.41) is 10.9. The molecular formula is C13H17BrN2O3. The van der Waals surface area contributed by atoms with Crippen molar-refractivity contribution < 1.29 is 9.66 Å². The lowest BCUT2D eigenvalue weighted by Crippen LogP contribution is -2.36. The van der Waals surface area contributed by atoms with Gasteiger partial charge in [-0.1, -0.05) is 6.07 Å². The Labute approximate surface area is 120 Å². The van der Waals surface area contributed by atoms with Gasteiger partial charge >= 0.3 is 0 Å². The number of ether oxygens (including phenoxy) is 1. The van der Waals surface area contributed by atoms with E-state index in [-0.39, 0.29) is 16.7 Å². The summed E-state index contributed by atoms with van der Waals surface area (Å²) in [5.41, 5.74) is 1.05. The third-order valence-electron chi connectivity index (χ3n) is 3.54. The minimum Gasteiger partial charge on any atom is -0.377 e. The van der Waals surface area contributed by atoms with Gasteiger partial charge in [0.25, 0.3) is 5.69 Å². The van der Waals surface area contributed by atoms with Gasteiger partial charge in [-0.2, -0.15) is 0 Å². The Morgan fingerprint density at radius 3 is 2.89 bits per heavy atom. The predicted octanol–water partition coefficient (Wildman–Crippen LogP) is 2.97. The van der Waals surface area contributed by atoms with Gasteiger partial charge in [0.15, 0.2) is 0 Å². The van der Waals surface area contributed by atoms with E-state index >= 15 is 0 Å². The van der Waals surface area contributed by atoms with Gasteiger partial charge in [0.2, 0.25) is 0 Å². The lowest BCUT2D eigenvalue weighted by Gasteiger charge is -2.26. The van der Waals surface area contributed by atoms with Gasteiger partial charge in [0.05, 0.1) is 15.5 Å². The topological polar surface area (TPSA) is 55.6 Å². The zero-order valence-corrected chi connectivity index (χ0v) is 12.6. The molecule has 2 atom stereocenters. The van der Waals surface area contributed by atoms with Crippen molar-refractivity contribution in [1.82, 2.24) is 4.90 Å². The number of rotatable bonds is 4. The molecule has 2 unspecified atom stereocenters. The number of likely N-dealkylation sites (N-methyl/N-ethyl adjacent to an activating group) is 1. The fourth-order valence-electron chi connectivity index (χ4n) is 2.50. The maximum absolute atomic E-state index is 10.9. The number of hydrogen-bond acceptors (Lipinski definition) is 4. The van der Waals surface area contributed by atoms with Gasteiger partial charge in [0.1, 0.15) is 0 Å². The maximum Gasteiger partial charge on any atom is 0.283 e. The molecule has 2 rings (SSSR count). The van der Waals surface area contributed by atoms with E-state index < -0.39 is 0 Å². The van der Waals surface area contributed by atoms with Crippen molar-refractivity contribution in [3.8, 4) is 0 Å². The van der Waals surface area contributed by atoms with Gasteiger partial charge in [0, 0.05) is 25.3 Å². The normalized spacial score (nSPS) is 22.9. The molecule has 1 aromatic rings. The van der Waals surface area contributed by atoms with Crippen LogP contribution in [0.3, 0.4) is 0 Å². The summed E-state index contributed by atoms with van der Waals surface area (Å²) in [5.74, 6) is 0. The monoisotopic (exact) mass is 328 g/mol. The van der Waals surface area contributed by atoms with Crippen LogP contribution in [0, 0.1) is 10.1 Å². The number of halogens is 1. The van der Waals surface area contributed by atoms with E-state index in [1.54, 1.807) is 12.1 Å². The van der Waals surface area contributed by atoms with Crippen LogP contribution >= 0.6 is 15.9 Å². The van der Waals surface area contributed by atoms with Crippen molar-refractivity contribution in [2.75, 3.05) is 13.7 Å². The molecule has 1 aliphatic rings. The predicted molar refractivity (Wildman–Crippen MR) is 76.1 cm³/mol. The van der Waals surface area contributed by atoms with Crippen LogP contribution < -0.4 is 0 Å². The van der Waals surface area contributed by atoms with Crippen LogP contribution in [-0.2, 0) is 11.3 Å². The number of benzene rings is 1. The summed E-state index contributed by atoms with van der Waals surface area (Å²) in [4.78, 5) is 12.7. The van der Waals surface area contributed by atoms with Crippen molar-refractivity contribution >= 4 is 21.6 Å². The molecule has 0 aromatic heterocycles. The highest BCUT2D eigenvalue weighted by atomic mass is 79.9. The third kappa shape index (κ3) is 3.32. The molecule has 1 heterocycles. The fourth-order valence-corrected chi connectivity index (χ4v) is 2.89. The van der Waals surface area contributed by atoms with Crippen molar-refractivity contribution in [2.24, 2.45) is 0 Å². The molecule has 6 heteroatoms. The molecule has 0 aliphatic carbocycles. The third-order valence-corrected chi connectivity index (χ3v) is 4.21. The first-order valence-electron chi connectivity index (χ1n) is 6.23. The number of nitrogens with zero attached hydrogens (tertiary/aromatic N) is 2. The van der Waals surface area contributed by atoms with E-state index in [4.69, 9.17) is 4.74 Å². The van der Waals surface area contributed by atoms with Crippen molar-refractivity contribution in [3.05, 3.63) is 38.3 Å². The number of nitro groups is 1. The highest BCUT2D eigenvalue weighted by Crippen LogP contribution is 2.27. The van der Waals surface area contributed by atoms with Gasteiger partial charge in [-0.3, -0.25) is 15.0 Å². The summed E-state index contributed by atoms with van der Waals surface area (Å²) < 4.78 is 6.06. The smallest absolute Gasteiger partial charge is 0.283 e. The van der Waals surface area contributed by atoms with Crippen LogP contribution in [0.1, 0.15) is 18.9 Å². The second kappa shape index (κ2) is 5.98. The van der Waals surface area contributed by atoms with Crippen LogP contribution in [-0.4, -0.2) is 35.6 Å². The minimum atomic E-state index is -0.366. The maximum atomic E-state index is 10.9. The van der Waals surface area contributed by atoms with E-state index in [1.165, 1.54) is 0 Å². The molecule has 0 spiro atoms. The van der Waals surface area contributed by atoms with E-state index in [0.29, 0.717) is 17.1 Å². The van der Waals surface area contributed by atoms with Gasteiger partial charge < -0.3 is 4.74 Å². The first kappa shape index (κ1) is 14.4. The molecule has 1 saturated heterocycles. The SMILES string of the molecule is CC1OCCC1N(C)Cc1ccc(Br)c([N+](=O)[O-])c1. The first-order valence-corrected chi connectivity index (χ1v) is 7.03. The molecule has 19 heavy (non-hydrogen) atoms. The molecule has 1 fully saturated rings. The van der Waals surface area contributed by atoms with Crippen LogP contribution in [0.25, 0.3) is 0 Å². The first-order chi connectivity index (χ1) is 8.99. The Hall–Kier alpha value is -0.980. The number of nitro benzene ring substituents is 1. The molecule has 1 aromatic carbocycles. The average molecular weight is 329 g/mol.